The summed E-state index contributed by atoms with van der Waals surface area (Å²) < 4.78 is 5.14. The molecule has 1 atom stereocenters. The Morgan fingerprint density at radius 1 is 1.41 bits per heavy atom. The van der Waals surface area contributed by atoms with E-state index in [1.807, 2.05) is 0 Å². The van der Waals surface area contributed by atoms with Crippen LogP contribution in [-0.4, -0.2) is 31.8 Å². The summed E-state index contributed by atoms with van der Waals surface area (Å²) in [6.07, 6.45) is 7.23. The number of hydrogen-bond acceptors (Lipinski definition) is 3. The third kappa shape index (κ3) is 5.37. The summed E-state index contributed by atoms with van der Waals surface area (Å²) in [7, 11) is 1.71. The number of ether oxygens (including phenoxy) is 1. The Morgan fingerprint density at radius 2 is 2.12 bits per heavy atom. The van der Waals surface area contributed by atoms with Gasteiger partial charge in [-0.25, -0.2) is 10.8 Å². The van der Waals surface area contributed by atoms with Gasteiger partial charge in [0.15, 0.2) is 0 Å². The smallest absolute Gasteiger partial charge is 0.206 e. The lowest BCUT2D eigenvalue weighted by molar-refractivity contribution is 0.171. The zero-order valence-electron chi connectivity index (χ0n) is 11.0. The van der Waals surface area contributed by atoms with Crippen molar-refractivity contribution in [2.24, 2.45) is 10.8 Å². The molecule has 0 aromatic carbocycles. The van der Waals surface area contributed by atoms with E-state index in [2.05, 4.69) is 22.7 Å². The second-order valence-electron chi connectivity index (χ2n) is 4.62. The highest BCUT2D eigenvalue weighted by Gasteiger charge is 2.14. The van der Waals surface area contributed by atoms with Gasteiger partial charge < -0.3 is 10.1 Å². The first kappa shape index (κ1) is 14.3. The monoisotopic (exact) mass is 242 g/mol. The van der Waals surface area contributed by atoms with Gasteiger partial charge in [-0.2, -0.15) is 0 Å². The highest BCUT2D eigenvalue weighted by atomic mass is 16.5. The minimum Gasteiger partial charge on any atom is -0.383 e. The molecule has 1 aliphatic rings. The first-order valence-corrected chi connectivity index (χ1v) is 6.60. The minimum absolute atomic E-state index is 0.262. The van der Waals surface area contributed by atoms with E-state index in [1.54, 1.807) is 7.11 Å². The van der Waals surface area contributed by atoms with Gasteiger partial charge in [0.2, 0.25) is 5.96 Å². The van der Waals surface area contributed by atoms with Crippen LogP contribution in [0.4, 0.5) is 0 Å². The molecule has 1 rings (SSSR count). The van der Waals surface area contributed by atoms with Gasteiger partial charge in [-0.05, 0) is 19.3 Å². The van der Waals surface area contributed by atoms with Gasteiger partial charge in [0.25, 0.3) is 0 Å². The molecule has 0 spiro atoms. The molecule has 0 heterocycles. The van der Waals surface area contributed by atoms with Crippen molar-refractivity contribution in [3.63, 3.8) is 0 Å². The van der Waals surface area contributed by atoms with Gasteiger partial charge in [0.1, 0.15) is 0 Å². The summed E-state index contributed by atoms with van der Waals surface area (Å²) in [5.74, 6) is 6.20. The second-order valence-corrected chi connectivity index (χ2v) is 4.62. The van der Waals surface area contributed by atoms with Crippen molar-refractivity contribution in [3.8, 4) is 0 Å². The molecule has 0 aromatic heterocycles. The molecule has 0 saturated heterocycles. The van der Waals surface area contributed by atoms with Gasteiger partial charge >= 0.3 is 0 Å². The van der Waals surface area contributed by atoms with Crippen molar-refractivity contribution in [1.82, 2.24) is 10.7 Å². The largest absolute Gasteiger partial charge is 0.383 e. The van der Waals surface area contributed by atoms with E-state index in [1.165, 1.54) is 32.1 Å². The van der Waals surface area contributed by atoms with Gasteiger partial charge in [-0.1, -0.05) is 26.2 Å². The van der Waals surface area contributed by atoms with Crippen LogP contribution in [0, 0.1) is 0 Å². The quantitative estimate of drug-likeness (QED) is 0.293. The molecule has 17 heavy (non-hydrogen) atoms. The van der Waals surface area contributed by atoms with E-state index < -0.39 is 0 Å². The van der Waals surface area contributed by atoms with E-state index >= 15 is 0 Å². The molecule has 0 aliphatic heterocycles. The maximum absolute atomic E-state index is 5.50. The number of rotatable bonds is 5. The molecule has 0 amide bonds. The highest BCUT2D eigenvalue weighted by Crippen LogP contribution is 2.20. The fraction of sp³-hybridized carbons (Fsp3) is 0.917. The fourth-order valence-corrected chi connectivity index (χ4v) is 2.17. The number of hydrazine groups is 1. The zero-order valence-corrected chi connectivity index (χ0v) is 11.0. The van der Waals surface area contributed by atoms with Crippen LogP contribution in [0.2, 0.25) is 0 Å². The van der Waals surface area contributed by atoms with Crippen LogP contribution in [0.25, 0.3) is 0 Å². The summed E-state index contributed by atoms with van der Waals surface area (Å²) >= 11 is 0. The first-order chi connectivity index (χ1) is 8.30. The number of aliphatic imine (C=N–C) groups is 1. The SMILES string of the molecule is CCC(COC)NC(=NC1CCCCC1)NN. The summed E-state index contributed by atoms with van der Waals surface area (Å²) in [6, 6.07) is 0.681. The van der Waals surface area contributed by atoms with Crippen LogP contribution in [0.15, 0.2) is 4.99 Å². The van der Waals surface area contributed by atoms with Crippen molar-refractivity contribution in [2.75, 3.05) is 13.7 Å². The van der Waals surface area contributed by atoms with E-state index in [4.69, 9.17) is 10.6 Å². The predicted molar refractivity (Wildman–Crippen MR) is 70.7 cm³/mol. The average Bonchev–Trinajstić information content (AvgIpc) is 2.38. The molecular weight excluding hydrogens is 216 g/mol. The van der Waals surface area contributed by atoms with E-state index in [0.29, 0.717) is 18.6 Å². The van der Waals surface area contributed by atoms with Crippen LogP contribution < -0.4 is 16.6 Å². The lowest BCUT2D eigenvalue weighted by Crippen LogP contribution is -2.48. The van der Waals surface area contributed by atoms with Crippen molar-refractivity contribution >= 4 is 5.96 Å². The van der Waals surface area contributed by atoms with Crippen LogP contribution in [-0.2, 0) is 4.74 Å². The lowest BCUT2D eigenvalue weighted by Gasteiger charge is -2.22. The lowest BCUT2D eigenvalue weighted by atomic mass is 9.96. The molecule has 1 unspecified atom stereocenters. The minimum atomic E-state index is 0.262. The Morgan fingerprint density at radius 3 is 2.65 bits per heavy atom. The van der Waals surface area contributed by atoms with Crippen molar-refractivity contribution in [1.29, 1.82) is 0 Å². The Hall–Kier alpha value is -0.810. The van der Waals surface area contributed by atoms with Gasteiger partial charge in [0.05, 0.1) is 18.7 Å². The number of nitrogens with zero attached hydrogens (tertiary/aromatic N) is 1. The Kier molecular flexibility index (Phi) is 6.96. The van der Waals surface area contributed by atoms with Gasteiger partial charge in [0, 0.05) is 7.11 Å². The molecule has 1 saturated carbocycles. The topological polar surface area (TPSA) is 71.7 Å². The standard InChI is InChI=1S/C12H26N4O/c1-3-10(9-17-2)14-12(16-13)15-11-7-5-4-6-8-11/h10-11H,3-9,13H2,1-2H3,(H2,14,15,16). The van der Waals surface area contributed by atoms with Crippen molar-refractivity contribution in [2.45, 2.75) is 57.5 Å². The van der Waals surface area contributed by atoms with Crippen molar-refractivity contribution in [3.05, 3.63) is 0 Å². The van der Waals surface area contributed by atoms with Crippen molar-refractivity contribution < 1.29 is 4.74 Å². The second kappa shape index (κ2) is 8.31. The molecule has 4 N–H and O–H groups in total. The van der Waals surface area contributed by atoms with Crippen LogP contribution >= 0.6 is 0 Å². The first-order valence-electron chi connectivity index (χ1n) is 6.60. The number of nitrogens with one attached hydrogen (secondary N) is 2. The maximum Gasteiger partial charge on any atom is 0.206 e. The molecule has 0 radical (unpaired) electrons. The van der Waals surface area contributed by atoms with E-state index in [0.717, 1.165) is 6.42 Å². The highest BCUT2D eigenvalue weighted by molar-refractivity contribution is 5.79. The molecule has 0 aromatic rings. The number of nitrogens with two attached hydrogens (primary N) is 1. The summed E-state index contributed by atoms with van der Waals surface area (Å²) in [4.78, 5) is 4.64. The van der Waals surface area contributed by atoms with Crippen LogP contribution in [0.5, 0.6) is 0 Å². The van der Waals surface area contributed by atoms with Crippen LogP contribution in [0.3, 0.4) is 0 Å². The van der Waals surface area contributed by atoms with E-state index in [9.17, 15) is 0 Å². The maximum atomic E-state index is 5.50. The zero-order chi connectivity index (χ0) is 12.5. The molecule has 1 aliphatic carbocycles. The Labute approximate surface area is 104 Å². The molecule has 5 heteroatoms. The molecular formula is C12H26N4O. The summed E-state index contributed by atoms with van der Waals surface area (Å²) in [6.45, 7) is 2.79. The Balaban J connectivity index is 2.47. The molecule has 1 fully saturated rings. The van der Waals surface area contributed by atoms with Gasteiger partial charge in [-0.15, -0.1) is 0 Å². The number of methoxy groups -OCH3 is 1. The van der Waals surface area contributed by atoms with E-state index in [-0.39, 0.29) is 6.04 Å². The average molecular weight is 242 g/mol. The molecule has 5 nitrogen and oxygen atoms in total. The summed E-state index contributed by atoms with van der Waals surface area (Å²) in [5.41, 5.74) is 2.66. The molecule has 0 bridgehead atoms. The predicted octanol–water partition coefficient (Wildman–Crippen LogP) is 1.15. The number of guanidine groups is 1. The fourth-order valence-electron chi connectivity index (χ4n) is 2.17. The summed E-state index contributed by atoms with van der Waals surface area (Å²) in [5, 5.41) is 3.29. The Bertz CT molecular complexity index is 227. The van der Waals surface area contributed by atoms with Crippen LogP contribution in [0.1, 0.15) is 45.4 Å². The third-order valence-electron chi connectivity index (χ3n) is 3.22. The normalized spacial score (nSPS) is 20.1. The number of hydrogen-bond donors (Lipinski definition) is 3. The third-order valence-corrected chi connectivity index (χ3v) is 3.22. The van der Waals surface area contributed by atoms with Gasteiger partial charge in [-0.3, -0.25) is 5.43 Å². The molecule has 100 valence electrons.